The Bertz CT molecular complexity index is 1000. The van der Waals surface area contributed by atoms with Crippen molar-refractivity contribution >= 4 is 17.4 Å². The van der Waals surface area contributed by atoms with Crippen LogP contribution >= 0.6 is 11.8 Å². The zero-order valence-electron chi connectivity index (χ0n) is 17.1. The van der Waals surface area contributed by atoms with Crippen molar-refractivity contribution in [3.05, 3.63) is 71.3 Å². The minimum Gasteiger partial charge on any atom is -0.497 e. The minimum absolute atomic E-state index is 0.183. The molecule has 2 aromatic carbocycles. The molecule has 4 rings (SSSR count). The van der Waals surface area contributed by atoms with Crippen molar-refractivity contribution in [2.45, 2.75) is 43.5 Å². The smallest absolute Gasteiger partial charge is 0.123 e. The van der Waals surface area contributed by atoms with Gasteiger partial charge in [0.1, 0.15) is 11.6 Å². The van der Waals surface area contributed by atoms with Crippen molar-refractivity contribution in [3.8, 4) is 5.75 Å². The third kappa shape index (κ3) is 4.27. The van der Waals surface area contributed by atoms with Crippen LogP contribution in [0.2, 0.25) is 0 Å². The Balaban J connectivity index is 1.68. The predicted octanol–water partition coefficient (Wildman–Crippen LogP) is 5.60. The van der Waals surface area contributed by atoms with E-state index in [2.05, 4.69) is 42.2 Å². The quantitative estimate of drug-likeness (QED) is 0.546. The number of ether oxygens (including phenoxy) is 1. The molecule has 1 aliphatic rings. The van der Waals surface area contributed by atoms with E-state index in [0.29, 0.717) is 0 Å². The fourth-order valence-corrected chi connectivity index (χ4v) is 5.09. The van der Waals surface area contributed by atoms with Crippen LogP contribution in [0.3, 0.4) is 0 Å². The van der Waals surface area contributed by atoms with Crippen molar-refractivity contribution in [1.29, 1.82) is 0 Å². The normalized spacial score (nSPS) is 16.4. The molecule has 1 atom stereocenters. The molecule has 2 heterocycles. The van der Waals surface area contributed by atoms with Crippen LogP contribution in [0.25, 0.3) is 0 Å². The lowest BCUT2D eigenvalue weighted by atomic mass is 10.1. The molecule has 152 valence electrons. The van der Waals surface area contributed by atoms with E-state index in [1.54, 1.807) is 31.0 Å². The third-order valence-corrected chi connectivity index (χ3v) is 6.77. The van der Waals surface area contributed by atoms with E-state index in [4.69, 9.17) is 4.74 Å². The van der Waals surface area contributed by atoms with Crippen LogP contribution in [0.1, 0.15) is 35.4 Å². The highest BCUT2D eigenvalue weighted by atomic mass is 32.2. The first-order valence-electron chi connectivity index (χ1n) is 9.95. The standard InChI is InChI=1S/C23H26FN3OS/c1-4-27-15-18(16(2)25-27)14-26-11-10-22(17-6-5-7-19(24)12-17)29-23-13-20(28-3)8-9-21(23)26/h5-9,12-13,15,22H,4,10-11,14H2,1-3H3. The van der Waals surface area contributed by atoms with Crippen molar-refractivity contribution in [1.82, 2.24) is 9.78 Å². The van der Waals surface area contributed by atoms with Crippen LogP contribution in [0.5, 0.6) is 5.75 Å². The Morgan fingerprint density at radius 3 is 2.83 bits per heavy atom. The van der Waals surface area contributed by atoms with E-state index in [-0.39, 0.29) is 11.1 Å². The Labute approximate surface area is 175 Å². The zero-order chi connectivity index (χ0) is 20.4. The number of benzene rings is 2. The molecule has 0 amide bonds. The molecule has 1 aliphatic heterocycles. The van der Waals surface area contributed by atoms with Gasteiger partial charge in [-0.2, -0.15) is 5.10 Å². The van der Waals surface area contributed by atoms with Crippen LogP contribution in [-0.2, 0) is 13.1 Å². The summed E-state index contributed by atoms with van der Waals surface area (Å²) in [6, 6.07) is 13.2. The Morgan fingerprint density at radius 2 is 2.10 bits per heavy atom. The molecule has 6 heteroatoms. The summed E-state index contributed by atoms with van der Waals surface area (Å²) in [5.41, 5.74) is 4.53. The van der Waals surface area contributed by atoms with Gasteiger partial charge in [0, 0.05) is 41.5 Å². The molecule has 0 radical (unpaired) electrons. The number of hydrogen-bond donors (Lipinski definition) is 0. The highest BCUT2D eigenvalue weighted by Crippen LogP contribution is 2.46. The fraction of sp³-hybridized carbons (Fsp3) is 0.348. The molecule has 0 fully saturated rings. The second-order valence-corrected chi connectivity index (χ2v) is 8.55. The number of halogens is 1. The van der Waals surface area contributed by atoms with E-state index in [1.165, 1.54) is 17.3 Å². The first-order valence-corrected chi connectivity index (χ1v) is 10.8. The lowest BCUT2D eigenvalue weighted by molar-refractivity contribution is 0.413. The van der Waals surface area contributed by atoms with Crippen LogP contribution in [0.4, 0.5) is 10.1 Å². The maximum absolute atomic E-state index is 13.8. The Hall–Kier alpha value is -2.47. The SMILES string of the molecule is CCn1cc(CN2CCC(c3cccc(F)c3)Sc3cc(OC)ccc32)c(C)n1. The molecule has 0 bridgehead atoms. The molecule has 0 N–H and O–H groups in total. The number of thioether (sulfide) groups is 1. The molecule has 0 spiro atoms. The van der Waals surface area contributed by atoms with E-state index >= 15 is 0 Å². The molecule has 3 aromatic rings. The van der Waals surface area contributed by atoms with Gasteiger partial charge in [-0.1, -0.05) is 12.1 Å². The summed E-state index contributed by atoms with van der Waals surface area (Å²) in [5.74, 6) is 0.656. The number of fused-ring (bicyclic) bond motifs is 1. The summed E-state index contributed by atoms with van der Waals surface area (Å²) in [7, 11) is 1.69. The lowest BCUT2D eigenvalue weighted by Gasteiger charge is -2.24. The third-order valence-electron chi connectivity index (χ3n) is 5.39. The summed E-state index contributed by atoms with van der Waals surface area (Å²) < 4.78 is 21.3. The van der Waals surface area contributed by atoms with Crippen molar-refractivity contribution < 1.29 is 9.13 Å². The van der Waals surface area contributed by atoms with Gasteiger partial charge in [-0.15, -0.1) is 11.8 Å². The molecule has 4 nitrogen and oxygen atoms in total. The van der Waals surface area contributed by atoms with E-state index < -0.39 is 0 Å². The highest BCUT2D eigenvalue weighted by Gasteiger charge is 2.25. The van der Waals surface area contributed by atoms with E-state index in [0.717, 1.165) is 48.0 Å². The number of aryl methyl sites for hydroxylation is 2. The average molecular weight is 412 g/mol. The number of hydrogen-bond acceptors (Lipinski definition) is 4. The summed E-state index contributed by atoms with van der Waals surface area (Å²) in [6.07, 6.45) is 3.08. The van der Waals surface area contributed by atoms with Gasteiger partial charge in [0.05, 0.1) is 18.5 Å². The predicted molar refractivity (Wildman–Crippen MR) is 116 cm³/mol. The molecular formula is C23H26FN3OS. The second kappa shape index (κ2) is 8.49. The van der Waals surface area contributed by atoms with Gasteiger partial charge in [0.25, 0.3) is 0 Å². The zero-order valence-corrected chi connectivity index (χ0v) is 17.9. The topological polar surface area (TPSA) is 30.3 Å². The Morgan fingerprint density at radius 1 is 1.24 bits per heavy atom. The number of nitrogens with zero attached hydrogens (tertiary/aromatic N) is 3. The largest absolute Gasteiger partial charge is 0.497 e. The van der Waals surface area contributed by atoms with E-state index in [9.17, 15) is 4.39 Å². The second-order valence-electron chi connectivity index (χ2n) is 7.30. The van der Waals surface area contributed by atoms with Gasteiger partial charge in [-0.05, 0) is 56.2 Å². The van der Waals surface area contributed by atoms with Gasteiger partial charge in [-0.3, -0.25) is 4.68 Å². The van der Waals surface area contributed by atoms with Gasteiger partial charge < -0.3 is 9.64 Å². The van der Waals surface area contributed by atoms with Gasteiger partial charge in [-0.25, -0.2) is 4.39 Å². The maximum Gasteiger partial charge on any atom is 0.123 e. The summed E-state index contributed by atoms with van der Waals surface area (Å²) >= 11 is 1.79. The number of rotatable bonds is 5. The lowest BCUT2D eigenvalue weighted by Crippen LogP contribution is -2.24. The maximum atomic E-state index is 13.8. The summed E-state index contributed by atoms with van der Waals surface area (Å²) in [5, 5.41) is 4.79. The molecule has 29 heavy (non-hydrogen) atoms. The minimum atomic E-state index is -0.183. The molecule has 0 saturated heterocycles. The number of methoxy groups -OCH3 is 1. The average Bonchev–Trinajstić information content (AvgIpc) is 2.98. The van der Waals surface area contributed by atoms with Crippen molar-refractivity contribution in [3.63, 3.8) is 0 Å². The highest BCUT2D eigenvalue weighted by molar-refractivity contribution is 7.99. The van der Waals surface area contributed by atoms with Gasteiger partial charge in [0.2, 0.25) is 0 Å². The van der Waals surface area contributed by atoms with E-state index in [1.807, 2.05) is 16.8 Å². The first kappa shape index (κ1) is 19.8. The van der Waals surface area contributed by atoms with Crippen molar-refractivity contribution in [2.75, 3.05) is 18.6 Å². The molecule has 0 aliphatic carbocycles. The van der Waals surface area contributed by atoms with Crippen LogP contribution in [0.15, 0.2) is 53.6 Å². The monoisotopic (exact) mass is 411 g/mol. The number of anilines is 1. The number of aromatic nitrogens is 2. The summed E-state index contributed by atoms with van der Waals surface area (Å²) in [6.45, 7) is 6.74. The van der Waals surface area contributed by atoms with Crippen LogP contribution in [0, 0.1) is 12.7 Å². The molecular weight excluding hydrogens is 385 g/mol. The van der Waals surface area contributed by atoms with Crippen LogP contribution < -0.4 is 9.64 Å². The molecule has 1 aromatic heterocycles. The van der Waals surface area contributed by atoms with Gasteiger partial charge >= 0.3 is 0 Å². The Kier molecular flexibility index (Phi) is 5.81. The first-order chi connectivity index (χ1) is 14.1. The van der Waals surface area contributed by atoms with Crippen LogP contribution in [-0.4, -0.2) is 23.4 Å². The van der Waals surface area contributed by atoms with Gasteiger partial charge in [0.15, 0.2) is 0 Å². The summed E-state index contributed by atoms with van der Waals surface area (Å²) in [4.78, 5) is 3.57. The van der Waals surface area contributed by atoms with Crippen molar-refractivity contribution in [2.24, 2.45) is 0 Å². The molecule has 0 saturated carbocycles. The molecule has 1 unspecified atom stereocenters. The fourth-order valence-electron chi connectivity index (χ4n) is 3.77.